The molecule has 0 amide bonds. The van der Waals surface area contributed by atoms with Crippen molar-refractivity contribution in [3.63, 3.8) is 0 Å². The Kier molecular flexibility index (Phi) is 4.67. The fraction of sp³-hybridized carbons (Fsp3) is 0.786. The SMILES string of the molecule is C=C(C)C(=O)OCC1(C)C[Si](C)(C)[Si](C)(C)[Si](C)(C)O1. The van der Waals surface area contributed by atoms with Crippen LogP contribution in [0.5, 0.6) is 0 Å². The zero-order valence-corrected chi connectivity index (χ0v) is 17.3. The first-order chi connectivity index (χ1) is 8.74. The third-order valence-electron chi connectivity index (χ3n) is 5.37. The third kappa shape index (κ3) is 3.18. The van der Waals surface area contributed by atoms with Gasteiger partial charge in [-0.2, -0.15) is 0 Å². The van der Waals surface area contributed by atoms with Gasteiger partial charge in [0.2, 0.25) is 0 Å². The van der Waals surface area contributed by atoms with Gasteiger partial charge in [-0.1, -0.05) is 32.8 Å². The number of ether oxygens (including phenoxy) is 1. The van der Waals surface area contributed by atoms with Gasteiger partial charge in [0.25, 0.3) is 0 Å². The fourth-order valence-corrected chi connectivity index (χ4v) is 33.8. The monoisotopic (exact) mass is 330 g/mol. The fourth-order valence-electron chi connectivity index (χ4n) is 3.17. The van der Waals surface area contributed by atoms with E-state index in [0.29, 0.717) is 12.2 Å². The first-order valence-corrected chi connectivity index (χ1v) is 18.4. The summed E-state index contributed by atoms with van der Waals surface area (Å²) in [5.41, 5.74) is 0.145. The molecule has 20 heavy (non-hydrogen) atoms. The van der Waals surface area contributed by atoms with E-state index in [4.69, 9.17) is 9.16 Å². The number of carbonyl (C=O) groups excluding carboxylic acids is 1. The van der Waals surface area contributed by atoms with Crippen LogP contribution in [0.1, 0.15) is 13.8 Å². The molecule has 116 valence electrons. The summed E-state index contributed by atoms with van der Waals surface area (Å²) in [7, 11) is -4.34. The lowest BCUT2D eigenvalue weighted by Gasteiger charge is -2.58. The van der Waals surface area contributed by atoms with Crippen molar-refractivity contribution in [1.82, 2.24) is 0 Å². The number of hydrogen-bond acceptors (Lipinski definition) is 3. The molecule has 0 aromatic rings. The summed E-state index contributed by atoms with van der Waals surface area (Å²) in [5, 5.41) is 0. The number of carbonyl (C=O) groups is 1. The largest absolute Gasteiger partial charge is 0.459 e. The molecule has 0 aromatic carbocycles. The highest BCUT2D eigenvalue weighted by molar-refractivity contribution is 7.67. The predicted octanol–water partition coefficient (Wildman–Crippen LogP) is 3.67. The molecule has 0 N–H and O–H groups in total. The maximum Gasteiger partial charge on any atom is 0.333 e. The molecular weight excluding hydrogens is 300 g/mol. The average molecular weight is 331 g/mol. The van der Waals surface area contributed by atoms with Crippen LogP contribution in [-0.2, 0) is 14.0 Å². The predicted molar refractivity (Wildman–Crippen MR) is 92.5 cm³/mol. The summed E-state index contributed by atoms with van der Waals surface area (Å²) in [6.07, 6.45) is 0. The van der Waals surface area contributed by atoms with Gasteiger partial charge >= 0.3 is 5.97 Å². The minimum absolute atomic E-state index is 0.306. The molecule has 3 nitrogen and oxygen atoms in total. The first kappa shape index (κ1) is 17.9. The smallest absolute Gasteiger partial charge is 0.333 e. The van der Waals surface area contributed by atoms with Crippen molar-refractivity contribution in [2.24, 2.45) is 0 Å². The zero-order valence-electron chi connectivity index (χ0n) is 14.3. The van der Waals surface area contributed by atoms with Crippen LogP contribution in [-0.4, -0.2) is 40.7 Å². The Balaban J connectivity index is 2.93. The highest BCUT2D eigenvalue weighted by Gasteiger charge is 2.61. The van der Waals surface area contributed by atoms with Crippen LogP contribution in [0.15, 0.2) is 12.2 Å². The van der Waals surface area contributed by atoms with E-state index in [-0.39, 0.29) is 11.6 Å². The molecule has 1 fully saturated rings. The van der Waals surface area contributed by atoms with Gasteiger partial charge in [0.05, 0.1) is 12.7 Å². The number of rotatable bonds is 3. The van der Waals surface area contributed by atoms with Gasteiger partial charge in [-0.15, -0.1) is 0 Å². The molecule has 1 heterocycles. The topological polar surface area (TPSA) is 35.5 Å². The Morgan fingerprint density at radius 1 is 1.25 bits per heavy atom. The Morgan fingerprint density at radius 3 is 2.15 bits per heavy atom. The highest BCUT2D eigenvalue weighted by Crippen LogP contribution is 2.44. The highest BCUT2D eigenvalue weighted by atomic mass is 29.6. The van der Waals surface area contributed by atoms with Crippen molar-refractivity contribution in [1.29, 1.82) is 0 Å². The third-order valence-corrected chi connectivity index (χ3v) is 45.9. The van der Waals surface area contributed by atoms with Crippen molar-refractivity contribution in [3.05, 3.63) is 12.2 Å². The van der Waals surface area contributed by atoms with Crippen LogP contribution in [0.3, 0.4) is 0 Å². The second kappa shape index (κ2) is 5.23. The van der Waals surface area contributed by atoms with Crippen LogP contribution < -0.4 is 0 Å². The van der Waals surface area contributed by atoms with Crippen molar-refractivity contribution < 1.29 is 14.0 Å². The van der Waals surface area contributed by atoms with Gasteiger partial charge in [-0.3, -0.25) is 0 Å². The average Bonchev–Trinajstić information content (AvgIpc) is 2.22. The van der Waals surface area contributed by atoms with Crippen LogP contribution in [0, 0.1) is 0 Å². The van der Waals surface area contributed by atoms with E-state index >= 15 is 0 Å². The van der Waals surface area contributed by atoms with Crippen LogP contribution in [0.2, 0.25) is 45.3 Å². The van der Waals surface area contributed by atoms with Crippen molar-refractivity contribution in [3.8, 4) is 0 Å². The molecule has 0 saturated carbocycles. The Hall–Kier alpha value is -0.179. The van der Waals surface area contributed by atoms with E-state index in [2.05, 4.69) is 52.8 Å². The second-order valence-electron chi connectivity index (χ2n) is 8.10. The van der Waals surface area contributed by atoms with Gasteiger partial charge < -0.3 is 9.16 Å². The van der Waals surface area contributed by atoms with Crippen molar-refractivity contribution in [2.75, 3.05) is 6.61 Å². The molecule has 1 atom stereocenters. The lowest BCUT2D eigenvalue weighted by Crippen LogP contribution is -2.78. The Morgan fingerprint density at radius 2 is 1.75 bits per heavy atom. The van der Waals surface area contributed by atoms with E-state index in [0.717, 1.165) is 6.04 Å². The quantitative estimate of drug-likeness (QED) is 0.450. The standard InChI is InChI=1S/C14H30O3Si3/c1-12(2)13(15)16-10-14(3)11-18(4,5)20(8,9)19(6,7)17-14/h1,10-11H2,2-9H3. The summed E-state index contributed by atoms with van der Waals surface area (Å²) in [5.74, 6) is -0.309. The molecule has 0 bridgehead atoms. The molecule has 1 aliphatic heterocycles. The zero-order chi connectivity index (χ0) is 16.0. The normalized spacial score (nSPS) is 30.6. The van der Waals surface area contributed by atoms with E-state index < -0.39 is 22.5 Å². The van der Waals surface area contributed by atoms with E-state index in [1.807, 2.05) is 0 Å². The van der Waals surface area contributed by atoms with Crippen LogP contribution in [0.25, 0.3) is 0 Å². The molecule has 1 saturated heterocycles. The Bertz CT molecular complexity index is 407. The lowest BCUT2D eigenvalue weighted by atomic mass is 10.1. The molecule has 6 heteroatoms. The summed E-state index contributed by atoms with van der Waals surface area (Å²) in [4.78, 5) is 11.6. The van der Waals surface area contributed by atoms with Gasteiger partial charge in [-0.05, 0) is 33.0 Å². The maximum atomic E-state index is 11.6. The first-order valence-electron chi connectivity index (χ1n) is 7.27. The summed E-state index contributed by atoms with van der Waals surface area (Å²) >= 11 is 0. The second-order valence-corrected chi connectivity index (χ2v) is 35.4. The number of esters is 1. The molecule has 0 radical (unpaired) electrons. The molecule has 1 rings (SSSR count). The van der Waals surface area contributed by atoms with Crippen LogP contribution in [0.4, 0.5) is 0 Å². The lowest BCUT2D eigenvalue weighted by molar-refractivity contribution is -0.144. The van der Waals surface area contributed by atoms with Gasteiger partial charge in [0, 0.05) is 13.2 Å². The molecule has 1 unspecified atom stereocenters. The van der Waals surface area contributed by atoms with Gasteiger partial charge in [-0.25, -0.2) is 4.79 Å². The molecule has 0 aliphatic carbocycles. The van der Waals surface area contributed by atoms with E-state index in [9.17, 15) is 4.79 Å². The molecular formula is C14H30O3Si3. The molecule has 0 aromatic heterocycles. The summed E-state index contributed by atoms with van der Waals surface area (Å²) in [6.45, 7) is 22.5. The molecule has 1 aliphatic rings. The van der Waals surface area contributed by atoms with E-state index in [1.54, 1.807) is 6.92 Å². The maximum absolute atomic E-state index is 11.6. The van der Waals surface area contributed by atoms with Gasteiger partial charge in [0.1, 0.15) is 6.61 Å². The number of hydrogen-bond donors (Lipinski definition) is 0. The van der Waals surface area contributed by atoms with Gasteiger partial charge in [0.15, 0.2) is 7.83 Å². The Labute approximate surface area is 126 Å². The molecule has 0 spiro atoms. The van der Waals surface area contributed by atoms with Crippen LogP contribution >= 0.6 is 0 Å². The minimum Gasteiger partial charge on any atom is -0.459 e. The van der Waals surface area contributed by atoms with Crippen molar-refractivity contribution in [2.45, 2.75) is 64.8 Å². The van der Waals surface area contributed by atoms with Crippen molar-refractivity contribution >= 4 is 28.5 Å². The summed E-state index contributed by atoms with van der Waals surface area (Å²) in [6, 6.07) is 1.08. The summed E-state index contributed by atoms with van der Waals surface area (Å²) < 4.78 is 12.0. The van der Waals surface area contributed by atoms with E-state index in [1.165, 1.54) is 0 Å². The minimum atomic E-state index is -1.70.